The van der Waals surface area contributed by atoms with Crippen LogP contribution in [0.5, 0.6) is 0 Å². The number of H-pyrrole nitrogens is 2. The summed E-state index contributed by atoms with van der Waals surface area (Å²) in [5.74, 6) is 0. The summed E-state index contributed by atoms with van der Waals surface area (Å²) in [6.07, 6.45) is 12.2. The first-order chi connectivity index (χ1) is 27.8. The molecule has 0 bridgehead atoms. The lowest BCUT2D eigenvalue weighted by Gasteiger charge is -2.28. The maximum atomic E-state index is 3.28. The van der Waals surface area contributed by atoms with Crippen molar-refractivity contribution in [2.45, 2.75) is 0 Å². The van der Waals surface area contributed by atoms with Gasteiger partial charge in [0.25, 0.3) is 0 Å². The average Bonchev–Trinajstić information content (AvgIpc) is 4.02. The van der Waals surface area contributed by atoms with Crippen LogP contribution in [0.4, 0.5) is 0 Å². The number of aromatic nitrogens is 4. The van der Waals surface area contributed by atoms with Crippen molar-refractivity contribution in [1.82, 2.24) is 9.13 Å². The molecule has 6 heteroatoms. The van der Waals surface area contributed by atoms with Crippen LogP contribution in [-0.2, 0) is 0 Å². The topological polar surface area (TPSA) is 38.1 Å². The van der Waals surface area contributed by atoms with E-state index in [0.717, 1.165) is 11.4 Å². The van der Waals surface area contributed by atoms with Crippen LogP contribution in [0.25, 0.3) is 44.0 Å². The maximum absolute atomic E-state index is 3.28. The van der Waals surface area contributed by atoms with Gasteiger partial charge in [-0.2, -0.15) is 0 Å². The van der Waals surface area contributed by atoms with Gasteiger partial charge in [-0.3, -0.25) is 0 Å². The molecule has 0 amide bonds. The van der Waals surface area contributed by atoms with Crippen LogP contribution in [0.1, 0.15) is 0 Å². The second kappa shape index (κ2) is 15.0. The highest BCUT2D eigenvalue weighted by molar-refractivity contribution is 7.80. The van der Waals surface area contributed by atoms with Crippen LogP contribution in [0, 0.1) is 0 Å². The Labute approximate surface area is 328 Å². The standard InChI is InChI=1S/C50H36N4P2/c1-5-15-37(16-6-1)55(38-17-7-2-8-18-38)47-29-27-41-43(23-13-25-45(41)53-33-31-51-35-53)49(47)50-44-24-14-26-46(54-34-32-52-36-54)42(44)28-30-48(50)56(39-19-9-3-10-20-39)40-21-11-4-12-22-40/h1-36H/p+2. The van der Waals surface area contributed by atoms with Crippen LogP contribution in [-0.4, -0.2) is 9.13 Å². The molecule has 8 aromatic carbocycles. The van der Waals surface area contributed by atoms with Crippen molar-refractivity contribution >= 4 is 69.2 Å². The number of hydrogen-bond acceptors (Lipinski definition) is 0. The van der Waals surface area contributed by atoms with Gasteiger partial charge in [0.05, 0.1) is 0 Å². The zero-order chi connectivity index (χ0) is 37.3. The molecule has 2 heterocycles. The van der Waals surface area contributed by atoms with Gasteiger partial charge in [-0.15, -0.1) is 0 Å². The molecular weight excluding hydrogens is 719 g/mol. The predicted molar refractivity (Wildman–Crippen MR) is 236 cm³/mol. The van der Waals surface area contributed by atoms with E-state index in [-0.39, 0.29) is 0 Å². The van der Waals surface area contributed by atoms with Crippen molar-refractivity contribution in [1.29, 1.82) is 0 Å². The van der Waals surface area contributed by atoms with E-state index in [1.807, 2.05) is 25.0 Å². The lowest BCUT2D eigenvalue weighted by atomic mass is 9.92. The minimum atomic E-state index is -0.974. The molecule has 0 spiro atoms. The van der Waals surface area contributed by atoms with E-state index < -0.39 is 15.8 Å². The molecule has 0 aliphatic heterocycles. The largest absolute Gasteiger partial charge is 0.250 e. The molecular formula is C50H38N4P2+2. The van der Waals surface area contributed by atoms with Crippen LogP contribution < -0.4 is 41.8 Å². The van der Waals surface area contributed by atoms with Crippen molar-refractivity contribution in [3.8, 4) is 22.5 Å². The van der Waals surface area contributed by atoms with Crippen molar-refractivity contribution in [2.75, 3.05) is 0 Å². The molecule has 0 aliphatic rings. The molecule has 266 valence electrons. The first kappa shape index (κ1) is 34.1. The van der Waals surface area contributed by atoms with E-state index in [1.54, 1.807) is 0 Å². The number of imidazole rings is 2. The van der Waals surface area contributed by atoms with Gasteiger partial charge < -0.3 is 0 Å². The summed E-state index contributed by atoms with van der Waals surface area (Å²) >= 11 is 0. The summed E-state index contributed by atoms with van der Waals surface area (Å²) in [6, 6.07) is 67.6. The maximum Gasteiger partial charge on any atom is 0.246 e. The van der Waals surface area contributed by atoms with Crippen molar-refractivity contribution in [2.24, 2.45) is 0 Å². The number of benzene rings is 8. The first-order valence-corrected chi connectivity index (χ1v) is 21.5. The van der Waals surface area contributed by atoms with Gasteiger partial charge in [0, 0.05) is 10.8 Å². The number of nitrogens with zero attached hydrogens (tertiary/aromatic N) is 2. The summed E-state index contributed by atoms with van der Waals surface area (Å²) in [6.45, 7) is 0. The molecule has 0 fully saturated rings. The summed E-state index contributed by atoms with van der Waals surface area (Å²) < 4.78 is 4.38. The Morgan fingerprint density at radius 2 is 0.679 bits per heavy atom. The molecule has 2 aromatic heterocycles. The number of aromatic amines is 2. The molecule has 2 N–H and O–H groups in total. The fourth-order valence-electron chi connectivity index (χ4n) is 8.05. The van der Waals surface area contributed by atoms with Gasteiger partial charge in [0.15, 0.2) is 0 Å². The number of fused-ring (bicyclic) bond motifs is 2. The van der Waals surface area contributed by atoms with E-state index in [0.29, 0.717) is 0 Å². The Kier molecular flexibility index (Phi) is 9.13. The smallest absolute Gasteiger partial charge is 0.246 e. The zero-order valence-electron chi connectivity index (χ0n) is 30.6. The third kappa shape index (κ3) is 6.14. The highest BCUT2D eigenvalue weighted by atomic mass is 31.1. The van der Waals surface area contributed by atoms with Crippen LogP contribution in [0.2, 0.25) is 0 Å². The van der Waals surface area contributed by atoms with Crippen molar-refractivity contribution in [3.05, 3.63) is 219 Å². The van der Waals surface area contributed by atoms with Crippen molar-refractivity contribution < 1.29 is 9.97 Å². The molecule has 56 heavy (non-hydrogen) atoms. The van der Waals surface area contributed by atoms with Gasteiger partial charge in [-0.1, -0.05) is 158 Å². The average molecular weight is 757 g/mol. The Hall–Kier alpha value is -6.44. The number of nitrogens with one attached hydrogen (secondary N) is 2. The molecule has 0 radical (unpaired) electrons. The highest BCUT2D eigenvalue weighted by Crippen LogP contribution is 2.46. The SMILES string of the molecule is c1ccc(P(c2ccccc2)c2ccc3c(-n4cc[nH+]c4)cccc3c2-c2c(P(c3ccccc3)c3ccccc3)ccc3c(-n4cc[nH+]c4)cccc23)cc1. The van der Waals surface area contributed by atoms with E-state index in [2.05, 4.69) is 213 Å². The molecule has 0 unspecified atom stereocenters. The van der Waals surface area contributed by atoms with Gasteiger partial charge in [0.1, 0.15) is 36.2 Å². The molecule has 0 saturated carbocycles. The lowest BCUT2D eigenvalue weighted by Crippen LogP contribution is -2.26. The summed E-state index contributed by atoms with van der Waals surface area (Å²) in [4.78, 5) is 6.56. The Balaban J connectivity index is 1.40. The Bertz CT molecular complexity index is 2620. The van der Waals surface area contributed by atoms with Crippen LogP contribution in [0.3, 0.4) is 0 Å². The van der Waals surface area contributed by atoms with E-state index >= 15 is 0 Å². The number of rotatable bonds is 9. The van der Waals surface area contributed by atoms with Gasteiger partial charge in [0.2, 0.25) is 12.7 Å². The van der Waals surface area contributed by atoms with Crippen LogP contribution >= 0.6 is 15.8 Å². The number of hydrogen-bond donors (Lipinski definition) is 0. The van der Waals surface area contributed by atoms with Gasteiger partial charge >= 0.3 is 0 Å². The fourth-order valence-corrected chi connectivity index (χ4v) is 13.0. The second-order valence-corrected chi connectivity index (χ2v) is 18.1. The molecule has 0 saturated heterocycles. The first-order valence-electron chi connectivity index (χ1n) is 18.8. The third-order valence-corrected chi connectivity index (χ3v) is 15.4. The summed E-state index contributed by atoms with van der Waals surface area (Å²) in [5, 5.41) is 12.8. The minimum absolute atomic E-state index is 0.974. The Morgan fingerprint density at radius 1 is 0.321 bits per heavy atom. The molecule has 0 atom stereocenters. The normalized spacial score (nSPS) is 11.5. The Morgan fingerprint density at radius 3 is 1.00 bits per heavy atom. The molecule has 4 nitrogen and oxygen atoms in total. The van der Waals surface area contributed by atoms with Crippen molar-refractivity contribution in [3.63, 3.8) is 0 Å². The summed E-state index contributed by atoms with van der Waals surface area (Å²) in [7, 11) is -1.95. The van der Waals surface area contributed by atoms with E-state index in [1.165, 1.54) is 64.5 Å². The highest BCUT2D eigenvalue weighted by Gasteiger charge is 2.29. The second-order valence-electron chi connectivity index (χ2n) is 13.7. The molecule has 0 aliphatic carbocycles. The monoisotopic (exact) mass is 756 g/mol. The fraction of sp³-hybridized carbons (Fsp3) is 0. The van der Waals surface area contributed by atoms with Gasteiger partial charge in [-0.05, 0) is 93.8 Å². The zero-order valence-corrected chi connectivity index (χ0v) is 32.4. The van der Waals surface area contributed by atoms with E-state index in [4.69, 9.17) is 0 Å². The van der Waals surface area contributed by atoms with Crippen LogP contribution in [0.15, 0.2) is 219 Å². The summed E-state index contributed by atoms with van der Waals surface area (Å²) in [5.41, 5.74) is 4.85. The quantitative estimate of drug-likeness (QED) is 0.133. The minimum Gasteiger partial charge on any atom is -0.250 e. The van der Waals surface area contributed by atoms with Gasteiger partial charge in [-0.25, -0.2) is 19.1 Å². The molecule has 10 aromatic rings. The molecule has 10 rings (SSSR count). The lowest BCUT2D eigenvalue weighted by molar-refractivity contribution is -0.377. The third-order valence-electron chi connectivity index (χ3n) is 10.5. The predicted octanol–water partition coefficient (Wildman–Crippen LogP) is 8.39. The van der Waals surface area contributed by atoms with E-state index in [9.17, 15) is 0 Å².